The normalized spacial score (nSPS) is 15.1. The minimum atomic E-state index is -0.197. The van der Waals surface area contributed by atoms with E-state index in [1.165, 1.54) is 19.3 Å². The molecule has 29 heavy (non-hydrogen) atoms. The number of benzene rings is 1. The molecule has 1 aromatic carbocycles. The summed E-state index contributed by atoms with van der Waals surface area (Å²) < 4.78 is 8.11. The number of halogens is 1. The molecule has 7 nitrogen and oxygen atoms in total. The molecule has 0 unspecified atom stereocenters. The lowest BCUT2D eigenvalue weighted by molar-refractivity contribution is 0.0795. The molecule has 154 valence electrons. The van der Waals surface area contributed by atoms with Crippen molar-refractivity contribution in [2.24, 2.45) is 0 Å². The Bertz CT molecular complexity index is 1110. The lowest BCUT2D eigenvalue weighted by Crippen LogP contribution is -2.29. The van der Waals surface area contributed by atoms with Crippen molar-refractivity contribution in [2.45, 2.75) is 44.9 Å². The van der Waals surface area contributed by atoms with Gasteiger partial charge in [-0.2, -0.15) is 0 Å². The fourth-order valence-electron chi connectivity index (χ4n) is 4.26. The average Bonchev–Trinajstić information content (AvgIpc) is 3.20. The van der Waals surface area contributed by atoms with Crippen molar-refractivity contribution in [2.75, 3.05) is 18.2 Å². The molecule has 0 aliphatic heterocycles. The minimum Gasteiger partial charge on any atom is -0.496 e. The monoisotopic (exact) mass is 508 g/mol. The van der Waals surface area contributed by atoms with E-state index in [1.807, 2.05) is 17.4 Å². The van der Waals surface area contributed by atoms with Gasteiger partial charge in [-0.3, -0.25) is 14.0 Å². The van der Waals surface area contributed by atoms with Crippen LogP contribution in [0.5, 0.6) is 5.75 Å². The van der Waals surface area contributed by atoms with E-state index in [0.29, 0.717) is 39.4 Å². The third-order valence-electron chi connectivity index (χ3n) is 5.84. The summed E-state index contributed by atoms with van der Waals surface area (Å²) in [5.41, 5.74) is 2.21. The molecule has 0 saturated heterocycles. The summed E-state index contributed by atoms with van der Waals surface area (Å²) in [6, 6.07) is 3.58. The van der Waals surface area contributed by atoms with E-state index in [4.69, 9.17) is 4.74 Å². The van der Waals surface area contributed by atoms with E-state index in [9.17, 15) is 9.59 Å². The lowest BCUT2D eigenvalue weighted by atomic mass is 9.88. The van der Waals surface area contributed by atoms with Crippen molar-refractivity contribution < 1.29 is 9.53 Å². The number of aromatic amines is 1. The fraction of sp³-hybridized carbons (Fsp3) is 0.476. The van der Waals surface area contributed by atoms with Gasteiger partial charge in [-0.25, -0.2) is 4.98 Å². The molecular formula is C21H25IN4O3. The van der Waals surface area contributed by atoms with Gasteiger partial charge in [0.05, 0.1) is 34.5 Å². The second-order valence-electron chi connectivity index (χ2n) is 7.48. The molecule has 1 aliphatic rings. The number of hydrogen-bond donors (Lipinski definition) is 1. The Morgan fingerprint density at radius 1 is 1.31 bits per heavy atom. The molecule has 0 bridgehead atoms. The highest BCUT2D eigenvalue weighted by Gasteiger charge is 2.24. The Kier molecular flexibility index (Phi) is 5.80. The molecule has 1 amide bonds. The number of H-pyrrole nitrogens is 1. The summed E-state index contributed by atoms with van der Waals surface area (Å²) in [6.07, 6.45) is 7.45. The van der Waals surface area contributed by atoms with Crippen molar-refractivity contribution in [1.29, 1.82) is 0 Å². The Labute approximate surface area is 182 Å². The largest absolute Gasteiger partial charge is 0.496 e. The van der Waals surface area contributed by atoms with Crippen LogP contribution in [0, 0.1) is 0 Å². The van der Waals surface area contributed by atoms with Crippen molar-refractivity contribution >= 4 is 45.0 Å². The summed E-state index contributed by atoms with van der Waals surface area (Å²) in [5.74, 6) is 1.67. The van der Waals surface area contributed by atoms with Gasteiger partial charge in [0.15, 0.2) is 0 Å². The summed E-state index contributed by atoms with van der Waals surface area (Å²) in [7, 11) is 1.57. The lowest BCUT2D eigenvalue weighted by Gasteiger charge is -2.22. The smallest absolute Gasteiger partial charge is 0.274 e. The molecular weight excluding hydrogens is 483 g/mol. The van der Waals surface area contributed by atoms with Crippen molar-refractivity contribution in [1.82, 2.24) is 19.3 Å². The molecule has 8 heteroatoms. The minimum absolute atomic E-state index is 0.111. The second kappa shape index (κ2) is 8.33. The zero-order valence-corrected chi connectivity index (χ0v) is 18.9. The third kappa shape index (κ3) is 3.51. The average molecular weight is 508 g/mol. The van der Waals surface area contributed by atoms with E-state index in [2.05, 4.69) is 32.6 Å². The molecule has 2 aromatic heterocycles. The Balaban J connectivity index is 1.95. The number of carbonyl (C=O) groups excluding carboxylic acids is 1. The van der Waals surface area contributed by atoms with Crippen LogP contribution in [0.4, 0.5) is 0 Å². The zero-order chi connectivity index (χ0) is 20.5. The summed E-state index contributed by atoms with van der Waals surface area (Å²) in [6.45, 7) is 2.54. The van der Waals surface area contributed by atoms with Gasteiger partial charge in [0, 0.05) is 18.5 Å². The molecule has 1 N–H and O–H groups in total. The standard InChI is InChI=1S/C21H25IN4O3/c1-3-25(12-22)21(28)14-9-15-16(10-18(14)29-2)26-17(20(27)24-15)11-23-19(26)13-7-5-4-6-8-13/h9-11,13H,3-8,12H2,1-2H3,(H,24,27). The van der Waals surface area contributed by atoms with Gasteiger partial charge in [0.1, 0.15) is 17.1 Å². The van der Waals surface area contributed by atoms with Gasteiger partial charge in [-0.1, -0.05) is 41.9 Å². The van der Waals surface area contributed by atoms with Gasteiger partial charge < -0.3 is 14.6 Å². The number of ether oxygens (including phenoxy) is 1. The fourth-order valence-corrected chi connectivity index (χ4v) is 5.05. The van der Waals surface area contributed by atoms with E-state index in [-0.39, 0.29) is 11.5 Å². The Morgan fingerprint density at radius 3 is 2.72 bits per heavy atom. The number of amides is 1. The molecule has 3 aromatic rings. The van der Waals surface area contributed by atoms with Gasteiger partial charge in [0.2, 0.25) is 0 Å². The number of nitrogens with one attached hydrogen (secondary N) is 1. The van der Waals surface area contributed by atoms with Crippen molar-refractivity contribution in [3.63, 3.8) is 0 Å². The van der Waals surface area contributed by atoms with Crippen LogP contribution in [0.1, 0.15) is 61.1 Å². The number of carbonyl (C=O) groups is 1. The van der Waals surface area contributed by atoms with Crippen LogP contribution in [-0.4, -0.2) is 43.4 Å². The van der Waals surface area contributed by atoms with Gasteiger partial charge in [0.25, 0.3) is 11.5 Å². The number of imidazole rings is 1. The quantitative estimate of drug-likeness (QED) is 0.320. The Hall–Kier alpha value is -2.10. The van der Waals surface area contributed by atoms with E-state index < -0.39 is 0 Å². The van der Waals surface area contributed by atoms with E-state index in [0.717, 1.165) is 24.2 Å². The van der Waals surface area contributed by atoms with Gasteiger partial charge in [-0.15, -0.1) is 0 Å². The topological polar surface area (TPSA) is 79.7 Å². The first kappa shape index (κ1) is 20.2. The van der Waals surface area contributed by atoms with E-state index in [1.54, 1.807) is 24.3 Å². The number of alkyl halides is 1. The molecule has 1 fully saturated rings. The SMILES string of the molecule is CCN(CI)C(=O)c1cc2[nH]c(=O)c3cnc(C4CCCCC4)n3c2cc1OC. The number of rotatable bonds is 5. The number of fused-ring (bicyclic) bond motifs is 3. The van der Waals surface area contributed by atoms with Crippen molar-refractivity contribution in [3.05, 3.63) is 40.1 Å². The number of methoxy groups -OCH3 is 1. The van der Waals surface area contributed by atoms with Crippen LogP contribution in [0.15, 0.2) is 23.1 Å². The van der Waals surface area contributed by atoms with Crippen LogP contribution in [0.3, 0.4) is 0 Å². The second-order valence-corrected chi connectivity index (χ2v) is 8.16. The summed E-state index contributed by atoms with van der Waals surface area (Å²) in [4.78, 5) is 35.0. The summed E-state index contributed by atoms with van der Waals surface area (Å²) in [5, 5.41) is 0. The summed E-state index contributed by atoms with van der Waals surface area (Å²) >= 11 is 2.17. The molecule has 2 heterocycles. The molecule has 1 saturated carbocycles. The van der Waals surface area contributed by atoms with Crippen LogP contribution in [0.25, 0.3) is 16.6 Å². The highest BCUT2D eigenvalue weighted by molar-refractivity contribution is 14.1. The maximum Gasteiger partial charge on any atom is 0.274 e. The van der Waals surface area contributed by atoms with Crippen LogP contribution >= 0.6 is 22.6 Å². The predicted octanol–water partition coefficient (Wildman–Crippen LogP) is 4.09. The van der Waals surface area contributed by atoms with Crippen LogP contribution < -0.4 is 10.3 Å². The molecule has 0 atom stereocenters. The first-order valence-corrected chi connectivity index (χ1v) is 11.6. The Morgan fingerprint density at radius 2 is 2.07 bits per heavy atom. The third-order valence-corrected chi connectivity index (χ3v) is 6.67. The maximum absolute atomic E-state index is 13.0. The number of hydrogen-bond acceptors (Lipinski definition) is 4. The molecule has 4 rings (SSSR count). The molecule has 0 radical (unpaired) electrons. The van der Waals surface area contributed by atoms with Crippen LogP contribution in [-0.2, 0) is 0 Å². The van der Waals surface area contributed by atoms with Gasteiger partial charge in [-0.05, 0) is 25.8 Å². The number of aromatic nitrogens is 3. The zero-order valence-electron chi connectivity index (χ0n) is 16.7. The molecule has 0 spiro atoms. The van der Waals surface area contributed by atoms with E-state index >= 15 is 0 Å². The first-order chi connectivity index (χ1) is 14.1. The molecule has 1 aliphatic carbocycles. The number of nitrogens with zero attached hydrogens (tertiary/aromatic N) is 3. The van der Waals surface area contributed by atoms with Crippen molar-refractivity contribution in [3.8, 4) is 5.75 Å². The highest BCUT2D eigenvalue weighted by atomic mass is 127. The van der Waals surface area contributed by atoms with Gasteiger partial charge >= 0.3 is 0 Å². The van der Waals surface area contributed by atoms with Crippen LogP contribution in [0.2, 0.25) is 0 Å². The first-order valence-electron chi connectivity index (χ1n) is 10.1. The predicted molar refractivity (Wildman–Crippen MR) is 121 cm³/mol. The maximum atomic E-state index is 13.0. The highest BCUT2D eigenvalue weighted by Crippen LogP contribution is 2.34.